The first-order chi connectivity index (χ1) is 13.4. The Hall–Kier alpha value is -2.10. The summed E-state index contributed by atoms with van der Waals surface area (Å²) in [6.07, 6.45) is 6.62. The molecule has 1 aliphatic carbocycles. The highest BCUT2D eigenvalue weighted by atomic mass is 32.2. The lowest BCUT2D eigenvalue weighted by Gasteiger charge is -2.11. The van der Waals surface area contributed by atoms with Crippen LogP contribution in [-0.2, 0) is 22.9 Å². The number of hydrazine groups is 1. The van der Waals surface area contributed by atoms with Crippen LogP contribution in [0.15, 0.2) is 29.2 Å². The Kier molecular flexibility index (Phi) is 6.58. The third-order valence-corrected chi connectivity index (χ3v) is 7.17. The Bertz CT molecular complexity index is 928. The topological polar surface area (TPSA) is 93.7 Å². The molecule has 2 N–H and O–H groups in total. The molecule has 0 unspecified atom stereocenters. The summed E-state index contributed by atoms with van der Waals surface area (Å²) in [5.41, 5.74) is 3.51. The average Bonchev–Trinajstić information content (AvgIpc) is 3.07. The van der Waals surface area contributed by atoms with E-state index in [0.717, 1.165) is 25.7 Å². The lowest BCUT2D eigenvalue weighted by molar-refractivity contribution is 0.0949. The third kappa shape index (κ3) is 4.65. The van der Waals surface area contributed by atoms with Gasteiger partial charge in [-0.1, -0.05) is 12.8 Å². The minimum Gasteiger partial charge on any atom is -0.493 e. The fraction of sp³-hybridized carbons (Fsp3) is 0.421. The van der Waals surface area contributed by atoms with E-state index in [1.54, 1.807) is 0 Å². The summed E-state index contributed by atoms with van der Waals surface area (Å²) < 4.78 is 35.2. The third-order valence-electron chi connectivity index (χ3n) is 4.68. The molecule has 1 heterocycles. The Labute approximate surface area is 169 Å². The van der Waals surface area contributed by atoms with E-state index in [2.05, 4.69) is 10.3 Å². The van der Waals surface area contributed by atoms with Crippen LogP contribution >= 0.6 is 11.3 Å². The Balaban J connectivity index is 1.71. The molecule has 1 amide bonds. The van der Waals surface area contributed by atoms with Gasteiger partial charge in [0.25, 0.3) is 15.9 Å². The van der Waals surface area contributed by atoms with E-state index >= 15 is 0 Å². The Morgan fingerprint density at radius 3 is 2.43 bits per heavy atom. The number of rotatable bonds is 6. The quantitative estimate of drug-likeness (QED) is 0.695. The van der Waals surface area contributed by atoms with Gasteiger partial charge in [0.2, 0.25) is 0 Å². The van der Waals surface area contributed by atoms with Crippen LogP contribution in [0.5, 0.6) is 11.5 Å². The van der Waals surface area contributed by atoms with Crippen LogP contribution in [0.4, 0.5) is 0 Å². The predicted octanol–water partition coefficient (Wildman–Crippen LogP) is 3.05. The van der Waals surface area contributed by atoms with Crippen LogP contribution < -0.4 is 19.7 Å². The van der Waals surface area contributed by atoms with Gasteiger partial charge in [-0.15, -0.1) is 16.2 Å². The summed E-state index contributed by atoms with van der Waals surface area (Å²) in [4.78, 5) is 16.3. The molecule has 9 heteroatoms. The average molecular weight is 425 g/mol. The number of hydrogen-bond acceptors (Lipinski definition) is 6. The maximum Gasteiger partial charge on any atom is 0.276 e. The molecule has 1 aliphatic rings. The minimum absolute atomic E-state index is 0.0381. The number of sulfonamides is 1. The van der Waals surface area contributed by atoms with Crippen LogP contribution in [-0.4, -0.2) is 28.5 Å². The number of fused-ring (bicyclic) bond motifs is 1. The van der Waals surface area contributed by atoms with Crippen molar-refractivity contribution < 1.29 is 22.7 Å². The van der Waals surface area contributed by atoms with Gasteiger partial charge in [-0.3, -0.25) is 10.2 Å². The first-order valence-corrected chi connectivity index (χ1v) is 11.4. The van der Waals surface area contributed by atoms with Crippen molar-refractivity contribution in [2.45, 2.75) is 43.4 Å². The van der Waals surface area contributed by atoms with E-state index in [1.807, 2.05) is 6.07 Å². The fourth-order valence-corrected chi connectivity index (χ4v) is 5.18. The van der Waals surface area contributed by atoms with Gasteiger partial charge in [0.1, 0.15) is 0 Å². The van der Waals surface area contributed by atoms with Gasteiger partial charge >= 0.3 is 0 Å². The van der Waals surface area contributed by atoms with E-state index in [0.29, 0.717) is 10.6 Å². The number of carbonyl (C=O) groups excluding carboxylic acids is 1. The normalized spacial score (nSPS) is 14.5. The number of carbonyl (C=O) groups is 1. The van der Waals surface area contributed by atoms with Crippen LogP contribution in [0.3, 0.4) is 0 Å². The molecule has 1 aromatic heterocycles. The van der Waals surface area contributed by atoms with Crippen LogP contribution in [0.1, 0.15) is 45.8 Å². The Morgan fingerprint density at radius 1 is 1.00 bits per heavy atom. The lowest BCUT2D eigenvalue weighted by atomic mass is 10.00. The number of benzene rings is 1. The fourth-order valence-electron chi connectivity index (χ4n) is 3.17. The second-order valence-electron chi connectivity index (χ2n) is 6.55. The summed E-state index contributed by atoms with van der Waals surface area (Å²) in [6, 6.07) is 6.09. The number of ether oxygens (including phenoxy) is 2. The molecule has 0 atom stereocenters. The summed E-state index contributed by atoms with van der Waals surface area (Å²) in [6.45, 7) is 0. The maximum atomic E-state index is 12.5. The molecule has 0 bridgehead atoms. The second kappa shape index (κ2) is 8.93. The number of hydrogen-bond donors (Lipinski definition) is 2. The number of nitrogens with one attached hydrogen (secondary N) is 2. The van der Waals surface area contributed by atoms with Gasteiger partial charge in [0.15, 0.2) is 11.5 Å². The molecule has 3 rings (SSSR count). The molecule has 152 valence electrons. The zero-order chi connectivity index (χ0) is 20.1. The first-order valence-electron chi connectivity index (χ1n) is 9.10. The van der Waals surface area contributed by atoms with Crippen molar-refractivity contribution >= 4 is 27.3 Å². The predicted molar refractivity (Wildman–Crippen MR) is 108 cm³/mol. The van der Waals surface area contributed by atoms with Gasteiger partial charge in [-0.25, -0.2) is 8.42 Å². The van der Waals surface area contributed by atoms with E-state index in [9.17, 15) is 13.2 Å². The summed E-state index contributed by atoms with van der Waals surface area (Å²) >= 11 is 1.44. The molecule has 0 spiro atoms. The summed E-state index contributed by atoms with van der Waals surface area (Å²) in [5, 5.41) is 0. The van der Waals surface area contributed by atoms with E-state index in [1.165, 1.54) is 67.0 Å². The van der Waals surface area contributed by atoms with Crippen molar-refractivity contribution in [3.8, 4) is 11.5 Å². The molecule has 2 aromatic rings. The van der Waals surface area contributed by atoms with Gasteiger partial charge in [0, 0.05) is 10.9 Å². The summed E-state index contributed by atoms with van der Waals surface area (Å²) in [7, 11) is -1.06. The molecule has 0 saturated heterocycles. The highest BCUT2D eigenvalue weighted by Gasteiger charge is 2.20. The number of aryl methyl sites for hydroxylation is 2. The van der Waals surface area contributed by atoms with Crippen molar-refractivity contribution in [3.05, 3.63) is 39.6 Å². The van der Waals surface area contributed by atoms with Gasteiger partial charge in [-0.05, 0) is 49.4 Å². The first kappa shape index (κ1) is 20.6. The zero-order valence-corrected chi connectivity index (χ0v) is 17.5. The van der Waals surface area contributed by atoms with Gasteiger partial charge in [0.05, 0.1) is 24.0 Å². The minimum atomic E-state index is -3.95. The maximum absolute atomic E-state index is 12.5. The molecule has 0 aliphatic heterocycles. The van der Waals surface area contributed by atoms with Crippen LogP contribution in [0, 0.1) is 0 Å². The monoisotopic (exact) mass is 424 g/mol. The van der Waals surface area contributed by atoms with Crippen LogP contribution in [0.25, 0.3) is 0 Å². The van der Waals surface area contributed by atoms with Gasteiger partial charge < -0.3 is 9.47 Å². The smallest absolute Gasteiger partial charge is 0.276 e. The van der Waals surface area contributed by atoms with Crippen molar-refractivity contribution in [2.75, 3.05) is 14.2 Å². The molecule has 0 saturated carbocycles. The molecular formula is C19H24N2O5S2. The number of methoxy groups -OCH3 is 2. The van der Waals surface area contributed by atoms with Crippen molar-refractivity contribution in [1.82, 2.24) is 10.3 Å². The Morgan fingerprint density at radius 2 is 1.71 bits per heavy atom. The molecule has 28 heavy (non-hydrogen) atoms. The molecule has 1 aromatic carbocycles. The molecule has 0 fully saturated rings. The highest BCUT2D eigenvalue weighted by Crippen LogP contribution is 2.30. The van der Waals surface area contributed by atoms with E-state index in [-0.39, 0.29) is 10.6 Å². The van der Waals surface area contributed by atoms with Crippen molar-refractivity contribution in [2.24, 2.45) is 0 Å². The lowest BCUT2D eigenvalue weighted by Crippen LogP contribution is -2.41. The number of thiophene rings is 1. The molecule has 7 nitrogen and oxygen atoms in total. The SMILES string of the molecule is COc1ccc(S(=O)(=O)NNC(=O)c2cc3c(s2)CCCCCC3)cc1OC. The van der Waals surface area contributed by atoms with E-state index in [4.69, 9.17) is 9.47 Å². The molecule has 0 radical (unpaired) electrons. The number of amides is 1. The van der Waals surface area contributed by atoms with Gasteiger partial charge in [-0.2, -0.15) is 0 Å². The van der Waals surface area contributed by atoms with Crippen molar-refractivity contribution in [1.29, 1.82) is 0 Å². The van der Waals surface area contributed by atoms with E-state index < -0.39 is 15.9 Å². The standard InChI is InChI=1S/C19H24N2O5S2/c1-25-15-10-9-14(12-16(15)26-2)28(23,24)21-20-19(22)18-11-13-7-5-3-4-6-8-17(13)27-18/h9-12,21H,3-8H2,1-2H3,(H,20,22). The zero-order valence-electron chi connectivity index (χ0n) is 15.9. The highest BCUT2D eigenvalue weighted by molar-refractivity contribution is 7.89. The van der Waals surface area contributed by atoms with Crippen molar-refractivity contribution in [3.63, 3.8) is 0 Å². The summed E-state index contributed by atoms with van der Waals surface area (Å²) in [5.74, 6) is 0.247. The van der Waals surface area contributed by atoms with Crippen LogP contribution in [0.2, 0.25) is 0 Å². The second-order valence-corrected chi connectivity index (χ2v) is 9.37. The largest absolute Gasteiger partial charge is 0.493 e. The molecular weight excluding hydrogens is 400 g/mol.